The molecule has 2 amide bonds. The van der Waals surface area contributed by atoms with Gasteiger partial charge < -0.3 is 24.3 Å². The second kappa shape index (κ2) is 9.29. The highest BCUT2D eigenvalue weighted by atomic mass is 16.5. The Morgan fingerprint density at radius 1 is 1.06 bits per heavy atom. The maximum Gasteiger partial charge on any atom is 0.271 e. The van der Waals surface area contributed by atoms with Crippen molar-refractivity contribution < 1.29 is 19.1 Å². The van der Waals surface area contributed by atoms with E-state index in [4.69, 9.17) is 9.47 Å². The van der Waals surface area contributed by atoms with Gasteiger partial charge in [-0.3, -0.25) is 9.59 Å². The summed E-state index contributed by atoms with van der Waals surface area (Å²) in [6.45, 7) is 2.75. The number of aromatic nitrogens is 1. The van der Waals surface area contributed by atoms with Crippen molar-refractivity contribution in [2.45, 2.75) is 57.2 Å². The number of hydrogen-bond donors (Lipinski definition) is 1. The maximum atomic E-state index is 13.9. The quantitative estimate of drug-likeness (QED) is 0.557. The molecule has 1 saturated carbocycles. The number of nitrogens with zero attached hydrogens (tertiary/aromatic N) is 2. The summed E-state index contributed by atoms with van der Waals surface area (Å²) in [7, 11) is 3.22. The number of nitrogens with one attached hydrogen (secondary N) is 1. The van der Waals surface area contributed by atoms with Crippen LogP contribution in [0.3, 0.4) is 0 Å². The van der Waals surface area contributed by atoms with E-state index in [1.807, 2.05) is 60.0 Å². The van der Waals surface area contributed by atoms with Crippen LogP contribution in [0.5, 0.6) is 11.5 Å². The third-order valence-electron chi connectivity index (χ3n) is 7.59. The highest BCUT2D eigenvalue weighted by molar-refractivity contribution is 6.03. The summed E-state index contributed by atoms with van der Waals surface area (Å²) in [6.07, 6.45) is 4.86. The first kappa shape index (κ1) is 23.3. The van der Waals surface area contributed by atoms with Gasteiger partial charge in [-0.15, -0.1) is 0 Å². The third-order valence-corrected chi connectivity index (χ3v) is 7.59. The summed E-state index contributed by atoms with van der Waals surface area (Å²) < 4.78 is 12.8. The Hall–Kier alpha value is -3.48. The average molecular weight is 476 g/mol. The molecule has 1 atom stereocenters. The Bertz CT molecular complexity index is 1260. The fourth-order valence-corrected chi connectivity index (χ4v) is 5.54. The lowest BCUT2D eigenvalue weighted by atomic mass is 9.93. The zero-order valence-electron chi connectivity index (χ0n) is 20.7. The highest BCUT2D eigenvalue weighted by Gasteiger charge is 2.48. The first-order chi connectivity index (χ1) is 16.9. The number of para-hydroxylation sites is 1. The molecule has 0 saturated heterocycles. The van der Waals surface area contributed by atoms with E-state index in [9.17, 15) is 9.59 Å². The van der Waals surface area contributed by atoms with E-state index in [0.29, 0.717) is 36.7 Å². The van der Waals surface area contributed by atoms with E-state index >= 15 is 0 Å². The predicted molar refractivity (Wildman–Crippen MR) is 135 cm³/mol. The lowest BCUT2D eigenvalue weighted by Crippen LogP contribution is -2.65. The van der Waals surface area contributed by atoms with Crippen molar-refractivity contribution >= 4 is 22.7 Å². The second-order valence-electron chi connectivity index (χ2n) is 9.80. The molecule has 184 valence electrons. The fourth-order valence-electron chi connectivity index (χ4n) is 5.54. The number of ether oxygens (including phenoxy) is 2. The van der Waals surface area contributed by atoms with Crippen LogP contribution in [0.4, 0.5) is 0 Å². The zero-order chi connectivity index (χ0) is 24.6. The molecule has 2 aliphatic rings. The number of methoxy groups -OCH3 is 2. The number of fused-ring (bicyclic) bond motifs is 3. The molecular formula is C28H33N3O4. The Kier molecular flexibility index (Phi) is 6.17. The number of benzene rings is 2. The normalized spacial score (nSPS) is 20.2. The molecular weight excluding hydrogens is 442 g/mol. The molecule has 1 unspecified atom stereocenters. The van der Waals surface area contributed by atoms with E-state index in [1.54, 1.807) is 19.1 Å². The Balaban J connectivity index is 1.48. The van der Waals surface area contributed by atoms with Crippen LogP contribution in [0, 0.1) is 0 Å². The summed E-state index contributed by atoms with van der Waals surface area (Å²) in [5.74, 6) is 1.12. The standard InChI is InChI=1S/C28H33N3O4/c1-28(27(33)29-21-9-5-6-10-21)18-30-22-11-7-4-8-20(22)17-23(30)26(32)31(28)15-14-19-12-13-24(34-2)25(16-19)35-3/h4,7-8,11-13,16-17,21H,5-6,9-10,14-15,18H2,1-3H3,(H,29,33). The minimum atomic E-state index is -0.995. The van der Waals surface area contributed by atoms with Gasteiger partial charge in [-0.25, -0.2) is 0 Å². The number of amides is 2. The van der Waals surface area contributed by atoms with Crippen molar-refractivity contribution in [3.05, 3.63) is 59.8 Å². The summed E-state index contributed by atoms with van der Waals surface area (Å²) in [5.41, 5.74) is 1.63. The van der Waals surface area contributed by atoms with Gasteiger partial charge in [0.2, 0.25) is 5.91 Å². The Labute approximate surface area is 206 Å². The topological polar surface area (TPSA) is 72.8 Å². The molecule has 1 aliphatic heterocycles. The van der Waals surface area contributed by atoms with Crippen molar-refractivity contribution in [1.82, 2.24) is 14.8 Å². The van der Waals surface area contributed by atoms with Crippen molar-refractivity contribution in [2.24, 2.45) is 0 Å². The molecule has 0 radical (unpaired) electrons. The van der Waals surface area contributed by atoms with Crippen LogP contribution in [0.15, 0.2) is 48.5 Å². The third kappa shape index (κ3) is 4.13. The van der Waals surface area contributed by atoms with Gasteiger partial charge >= 0.3 is 0 Å². The van der Waals surface area contributed by atoms with Crippen LogP contribution >= 0.6 is 0 Å². The monoisotopic (exact) mass is 475 g/mol. The van der Waals surface area contributed by atoms with Crippen LogP contribution in [0.2, 0.25) is 0 Å². The molecule has 1 N–H and O–H groups in total. The first-order valence-electron chi connectivity index (χ1n) is 12.4. The summed E-state index contributed by atoms with van der Waals surface area (Å²) in [5, 5.41) is 4.27. The molecule has 1 aliphatic carbocycles. The van der Waals surface area contributed by atoms with Crippen LogP contribution in [0.1, 0.15) is 48.7 Å². The minimum absolute atomic E-state index is 0.0755. The zero-order valence-corrected chi connectivity index (χ0v) is 20.7. The van der Waals surface area contributed by atoms with Crippen LogP contribution < -0.4 is 14.8 Å². The molecule has 35 heavy (non-hydrogen) atoms. The van der Waals surface area contributed by atoms with Crippen LogP contribution in [-0.2, 0) is 17.8 Å². The molecule has 2 heterocycles. The van der Waals surface area contributed by atoms with Crippen molar-refractivity contribution in [3.8, 4) is 11.5 Å². The van der Waals surface area contributed by atoms with E-state index in [-0.39, 0.29) is 17.9 Å². The molecule has 2 aromatic carbocycles. The SMILES string of the molecule is COc1ccc(CCN2C(=O)c3cc4ccccc4n3CC2(C)C(=O)NC2CCCC2)cc1OC. The van der Waals surface area contributed by atoms with Gasteiger partial charge in [-0.2, -0.15) is 0 Å². The van der Waals surface area contributed by atoms with Crippen LogP contribution in [0.25, 0.3) is 10.9 Å². The molecule has 5 rings (SSSR count). The molecule has 0 spiro atoms. The average Bonchev–Trinajstić information content (AvgIpc) is 3.51. The fraction of sp³-hybridized carbons (Fsp3) is 0.429. The number of carbonyl (C=O) groups excluding carboxylic acids is 2. The molecule has 3 aromatic rings. The molecule has 0 bridgehead atoms. The molecule has 1 fully saturated rings. The van der Waals surface area contributed by atoms with Crippen LogP contribution in [-0.4, -0.2) is 53.6 Å². The second-order valence-corrected chi connectivity index (χ2v) is 9.80. The van der Waals surface area contributed by atoms with Gasteiger partial charge in [0.15, 0.2) is 11.5 Å². The first-order valence-corrected chi connectivity index (χ1v) is 12.4. The smallest absolute Gasteiger partial charge is 0.271 e. The molecule has 7 nitrogen and oxygen atoms in total. The van der Waals surface area contributed by atoms with E-state index in [2.05, 4.69) is 5.32 Å². The van der Waals surface area contributed by atoms with Gasteiger partial charge in [0, 0.05) is 23.5 Å². The number of hydrogen-bond acceptors (Lipinski definition) is 4. The lowest BCUT2D eigenvalue weighted by molar-refractivity contribution is -0.133. The Morgan fingerprint density at radius 3 is 2.54 bits per heavy atom. The van der Waals surface area contributed by atoms with E-state index in [0.717, 1.165) is 42.1 Å². The highest BCUT2D eigenvalue weighted by Crippen LogP contribution is 2.34. The van der Waals surface area contributed by atoms with Gasteiger partial charge in [0.25, 0.3) is 5.91 Å². The van der Waals surface area contributed by atoms with E-state index < -0.39 is 5.54 Å². The van der Waals surface area contributed by atoms with Gasteiger partial charge in [0.1, 0.15) is 11.2 Å². The van der Waals surface area contributed by atoms with Gasteiger partial charge in [-0.1, -0.05) is 37.1 Å². The van der Waals surface area contributed by atoms with Crippen molar-refractivity contribution in [1.29, 1.82) is 0 Å². The number of carbonyl (C=O) groups is 2. The summed E-state index contributed by atoms with van der Waals surface area (Å²) in [6, 6.07) is 15.9. The number of rotatable bonds is 7. The minimum Gasteiger partial charge on any atom is -0.493 e. The predicted octanol–water partition coefficient (Wildman–Crippen LogP) is 4.17. The lowest BCUT2D eigenvalue weighted by Gasteiger charge is -2.44. The molecule has 7 heteroatoms. The summed E-state index contributed by atoms with van der Waals surface area (Å²) in [4.78, 5) is 29.4. The van der Waals surface area contributed by atoms with Crippen molar-refractivity contribution in [2.75, 3.05) is 20.8 Å². The van der Waals surface area contributed by atoms with Gasteiger partial charge in [0.05, 0.1) is 20.8 Å². The summed E-state index contributed by atoms with van der Waals surface area (Å²) >= 11 is 0. The van der Waals surface area contributed by atoms with Crippen molar-refractivity contribution in [3.63, 3.8) is 0 Å². The largest absolute Gasteiger partial charge is 0.493 e. The Morgan fingerprint density at radius 2 is 1.80 bits per heavy atom. The molecule has 1 aromatic heterocycles. The van der Waals surface area contributed by atoms with E-state index in [1.165, 1.54) is 0 Å². The van der Waals surface area contributed by atoms with Gasteiger partial charge in [-0.05, 0) is 56.0 Å². The maximum absolute atomic E-state index is 13.9.